The molecule has 0 unspecified atom stereocenters. The van der Waals surface area contributed by atoms with Gasteiger partial charge in [-0.25, -0.2) is 9.97 Å². The van der Waals surface area contributed by atoms with Crippen LogP contribution >= 0.6 is 0 Å². The number of hydrogen-bond acceptors (Lipinski definition) is 5. The molecule has 20 heavy (non-hydrogen) atoms. The molecule has 5 nitrogen and oxygen atoms in total. The summed E-state index contributed by atoms with van der Waals surface area (Å²) in [7, 11) is 0. The van der Waals surface area contributed by atoms with Gasteiger partial charge in [-0.2, -0.15) is 0 Å². The van der Waals surface area contributed by atoms with Crippen molar-refractivity contribution in [2.24, 2.45) is 5.73 Å². The minimum atomic E-state index is 0.733. The maximum Gasteiger partial charge on any atom is 0.139 e. The Hall–Kier alpha value is -1.72. The fourth-order valence-electron chi connectivity index (χ4n) is 2.83. The molecule has 3 rings (SSSR count). The van der Waals surface area contributed by atoms with E-state index in [0.717, 1.165) is 62.4 Å². The number of rotatable bonds is 3. The minimum absolute atomic E-state index is 0.733. The van der Waals surface area contributed by atoms with Crippen LogP contribution in [0.4, 0.5) is 5.82 Å². The first-order chi connectivity index (χ1) is 9.88. The van der Waals surface area contributed by atoms with Crippen molar-refractivity contribution in [1.82, 2.24) is 14.9 Å². The Morgan fingerprint density at radius 1 is 1.05 bits per heavy atom. The van der Waals surface area contributed by atoms with Crippen LogP contribution in [0, 0.1) is 0 Å². The lowest BCUT2D eigenvalue weighted by Crippen LogP contribution is -2.34. The summed E-state index contributed by atoms with van der Waals surface area (Å²) < 4.78 is 0. The van der Waals surface area contributed by atoms with Crippen LogP contribution in [0.2, 0.25) is 0 Å². The average Bonchev–Trinajstić information content (AvgIpc) is 2.73. The highest BCUT2D eigenvalue weighted by molar-refractivity contribution is 5.89. The number of aromatic nitrogens is 2. The predicted octanol–water partition coefficient (Wildman–Crippen LogP) is 1.10. The molecular formula is C15H21N5. The Labute approximate surface area is 119 Å². The molecule has 5 heteroatoms. The van der Waals surface area contributed by atoms with Gasteiger partial charge in [0.1, 0.15) is 12.1 Å². The van der Waals surface area contributed by atoms with Crippen LogP contribution in [0.3, 0.4) is 0 Å². The SMILES string of the molecule is NCCN1CCCN(c2ncnc3ccccc23)CC1. The van der Waals surface area contributed by atoms with E-state index in [-0.39, 0.29) is 0 Å². The van der Waals surface area contributed by atoms with Gasteiger partial charge in [-0.1, -0.05) is 12.1 Å². The van der Waals surface area contributed by atoms with E-state index in [2.05, 4.69) is 25.8 Å². The van der Waals surface area contributed by atoms with E-state index in [1.54, 1.807) is 6.33 Å². The molecule has 0 bridgehead atoms. The van der Waals surface area contributed by atoms with Crippen molar-refractivity contribution in [3.8, 4) is 0 Å². The van der Waals surface area contributed by atoms with Gasteiger partial charge in [0.25, 0.3) is 0 Å². The average molecular weight is 271 g/mol. The van der Waals surface area contributed by atoms with Gasteiger partial charge in [0.05, 0.1) is 5.52 Å². The largest absolute Gasteiger partial charge is 0.355 e. The summed E-state index contributed by atoms with van der Waals surface area (Å²) in [5.41, 5.74) is 6.67. The topological polar surface area (TPSA) is 58.3 Å². The van der Waals surface area contributed by atoms with Crippen LogP contribution in [0.25, 0.3) is 10.9 Å². The summed E-state index contributed by atoms with van der Waals surface area (Å²) in [4.78, 5) is 13.7. The van der Waals surface area contributed by atoms with Crippen LogP contribution in [0.1, 0.15) is 6.42 Å². The highest BCUT2D eigenvalue weighted by Gasteiger charge is 2.17. The number of benzene rings is 1. The van der Waals surface area contributed by atoms with Gasteiger partial charge in [0, 0.05) is 38.1 Å². The number of nitrogens with two attached hydrogens (primary N) is 1. The zero-order chi connectivity index (χ0) is 13.8. The molecule has 1 aliphatic rings. The first-order valence-electron chi connectivity index (χ1n) is 7.25. The van der Waals surface area contributed by atoms with Gasteiger partial charge in [0.15, 0.2) is 0 Å². The summed E-state index contributed by atoms with van der Waals surface area (Å²) in [6.07, 6.45) is 2.82. The molecule has 0 aliphatic carbocycles. The molecule has 0 spiro atoms. The standard InChI is InChI=1S/C15H21N5/c16-6-9-19-7-3-8-20(11-10-19)15-13-4-1-2-5-14(13)17-12-18-15/h1-2,4-5,12H,3,6-11,16H2. The lowest BCUT2D eigenvalue weighted by atomic mass is 10.2. The Balaban J connectivity index is 1.84. The van der Waals surface area contributed by atoms with E-state index in [1.807, 2.05) is 18.2 Å². The van der Waals surface area contributed by atoms with Crippen molar-refractivity contribution >= 4 is 16.7 Å². The van der Waals surface area contributed by atoms with E-state index in [9.17, 15) is 0 Å². The van der Waals surface area contributed by atoms with Crippen LogP contribution in [0.5, 0.6) is 0 Å². The zero-order valence-electron chi connectivity index (χ0n) is 11.7. The number of fused-ring (bicyclic) bond motifs is 1. The number of nitrogens with zero attached hydrogens (tertiary/aromatic N) is 4. The first-order valence-corrected chi connectivity index (χ1v) is 7.25. The monoisotopic (exact) mass is 271 g/mol. The predicted molar refractivity (Wildman–Crippen MR) is 81.9 cm³/mol. The molecule has 1 fully saturated rings. The van der Waals surface area contributed by atoms with Crippen molar-refractivity contribution in [2.75, 3.05) is 44.2 Å². The van der Waals surface area contributed by atoms with E-state index < -0.39 is 0 Å². The molecule has 1 saturated heterocycles. The number of hydrogen-bond donors (Lipinski definition) is 1. The van der Waals surface area contributed by atoms with Gasteiger partial charge in [0.2, 0.25) is 0 Å². The lowest BCUT2D eigenvalue weighted by molar-refractivity contribution is 0.302. The number of para-hydroxylation sites is 1. The molecule has 0 amide bonds. The van der Waals surface area contributed by atoms with Crippen molar-refractivity contribution < 1.29 is 0 Å². The van der Waals surface area contributed by atoms with Gasteiger partial charge in [-0.05, 0) is 25.1 Å². The first kappa shape index (κ1) is 13.3. The second-order valence-electron chi connectivity index (χ2n) is 5.19. The molecule has 1 aromatic heterocycles. The molecule has 2 aromatic rings. The molecule has 1 aromatic carbocycles. The van der Waals surface area contributed by atoms with E-state index in [4.69, 9.17) is 5.73 Å². The minimum Gasteiger partial charge on any atom is -0.355 e. The zero-order valence-corrected chi connectivity index (χ0v) is 11.7. The highest BCUT2D eigenvalue weighted by Crippen LogP contribution is 2.23. The lowest BCUT2D eigenvalue weighted by Gasteiger charge is -2.23. The van der Waals surface area contributed by atoms with Crippen molar-refractivity contribution in [1.29, 1.82) is 0 Å². The third-order valence-electron chi connectivity index (χ3n) is 3.86. The van der Waals surface area contributed by atoms with Crippen molar-refractivity contribution in [3.63, 3.8) is 0 Å². The molecular weight excluding hydrogens is 250 g/mol. The molecule has 2 N–H and O–H groups in total. The molecule has 0 saturated carbocycles. The summed E-state index contributed by atoms with van der Waals surface area (Å²) >= 11 is 0. The van der Waals surface area contributed by atoms with Crippen molar-refractivity contribution in [3.05, 3.63) is 30.6 Å². The second-order valence-corrected chi connectivity index (χ2v) is 5.19. The van der Waals surface area contributed by atoms with Gasteiger partial charge < -0.3 is 15.5 Å². The summed E-state index contributed by atoms with van der Waals surface area (Å²) in [6, 6.07) is 8.21. The smallest absolute Gasteiger partial charge is 0.139 e. The Morgan fingerprint density at radius 2 is 1.95 bits per heavy atom. The maximum atomic E-state index is 5.65. The highest BCUT2D eigenvalue weighted by atomic mass is 15.2. The fraction of sp³-hybridized carbons (Fsp3) is 0.467. The normalized spacial score (nSPS) is 17.4. The van der Waals surface area contributed by atoms with Gasteiger partial charge in [-0.3, -0.25) is 0 Å². The Morgan fingerprint density at radius 3 is 2.85 bits per heavy atom. The summed E-state index contributed by atoms with van der Waals surface area (Å²) in [5.74, 6) is 1.06. The van der Waals surface area contributed by atoms with Crippen LogP contribution in [0.15, 0.2) is 30.6 Å². The Kier molecular flexibility index (Phi) is 4.08. The maximum absolute atomic E-state index is 5.65. The van der Waals surface area contributed by atoms with E-state index in [1.165, 1.54) is 0 Å². The molecule has 106 valence electrons. The van der Waals surface area contributed by atoms with Crippen LogP contribution < -0.4 is 10.6 Å². The van der Waals surface area contributed by atoms with Gasteiger partial charge >= 0.3 is 0 Å². The third-order valence-corrected chi connectivity index (χ3v) is 3.86. The molecule has 0 atom stereocenters. The quantitative estimate of drug-likeness (QED) is 0.906. The second kappa shape index (κ2) is 6.15. The summed E-state index contributed by atoms with van der Waals surface area (Å²) in [6.45, 7) is 5.93. The fourth-order valence-corrected chi connectivity index (χ4v) is 2.83. The summed E-state index contributed by atoms with van der Waals surface area (Å²) in [5, 5.41) is 1.14. The molecule has 0 radical (unpaired) electrons. The van der Waals surface area contributed by atoms with E-state index >= 15 is 0 Å². The van der Waals surface area contributed by atoms with Gasteiger partial charge in [-0.15, -0.1) is 0 Å². The third kappa shape index (κ3) is 2.73. The van der Waals surface area contributed by atoms with Crippen LogP contribution in [-0.2, 0) is 0 Å². The molecule has 2 heterocycles. The number of anilines is 1. The van der Waals surface area contributed by atoms with E-state index in [0.29, 0.717) is 0 Å². The Bertz CT molecular complexity index is 566. The van der Waals surface area contributed by atoms with Crippen molar-refractivity contribution in [2.45, 2.75) is 6.42 Å². The van der Waals surface area contributed by atoms with Crippen LogP contribution in [-0.4, -0.2) is 54.1 Å². The molecule has 1 aliphatic heterocycles.